The van der Waals surface area contributed by atoms with Crippen molar-refractivity contribution in [2.45, 2.75) is 33.1 Å². The Morgan fingerprint density at radius 2 is 1.90 bits per heavy atom. The van der Waals surface area contributed by atoms with E-state index in [0.29, 0.717) is 62.3 Å². The summed E-state index contributed by atoms with van der Waals surface area (Å²) in [5.74, 6) is 1.70. The van der Waals surface area contributed by atoms with Crippen LogP contribution in [0.4, 0.5) is 11.6 Å². The highest BCUT2D eigenvalue weighted by atomic mass is 16.6. The lowest BCUT2D eigenvalue weighted by Gasteiger charge is -2.36. The third-order valence-corrected chi connectivity index (χ3v) is 5.21. The van der Waals surface area contributed by atoms with Crippen LogP contribution in [0.1, 0.15) is 43.4 Å². The molecule has 1 aromatic heterocycles. The number of oxime groups is 1. The van der Waals surface area contributed by atoms with E-state index in [1.807, 2.05) is 11.8 Å². The van der Waals surface area contributed by atoms with Gasteiger partial charge in [0.2, 0.25) is 5.91 Å². The Hall–Kier alpha value is -3.16. The second-order valence-corrected chi connectivity index (χ2v) is 7.59. The van der Waals surface area contributed by atoms with Crippen molar-refractivity contribution in [3.63, 3.8) is 0 Å². The minimum absolute atomic E-state index is 0.146. The van der Waals surface area contributed by atoms with Gasteiger partial charge in [-0.1, -0.05) is 43.3 Å². The number of anilines is 2. The molecular formula is C22H30N6O2. The standard InChI is InChI=1S/C22H30N6O2/c1-4-30-26-14-19-21(23)24-15-25-22(19)28-11-9-27(10-12-28)20(29)13-17-5-7-18(8-6-17)16(2)3/h5-8,14-16H,4,9-13H2,1-3H3,(H2,23,24,25). The van der Waals surface area contributed by atoms with Crippen molar-refractivity contribution >= 4 is 23.8 Å². The molecular weight excluding hydrogens is 380 g/mol. The summed E-state index contributed by atoms with van der Waals surface area (Å²) in [6.07, 6.45) is 3.42. The number of piperazine rings is 1. The first-order valence-electron chi connectivity index (χ1n) is 10.4. The molecule has 2 N–H and O–H groups in total. The van der Waals surface area contributed by atoms with Crippen LogP contribution in [0.5, 0.6) is 0 Å². The quantitative estimate of drug-likeness (QED) is 0.556. The number of nitrogens with two attached hydrogens (primary N) is 1. The normalized spacial score (nSPS) is 14.5. The summed E-state index contributed by atoms with van der Waals surface area (Å²) < 4.78 is 0. The Bertz CT molecular complexity index is 874. The van der Waals surface area contributed by atoms with E-state index >= 15 is 0 Å². The van der Waals surface area contributed by atoms with Gasteiger partial charge in [0.15, 0.2) is 0 Å². The number of hydrogen-bond acceptors (Lipinski definition) is 7. The molecule has 0 saturated carbocycles. The van der Waals surface area contributed by atoms with E-state index in [2.05, 4.69) is 58.1 Å². The second-order valence-electron chi connectivity index (χ2n) is 7.59. The number of rotatable bonds is 7. The number of benzene rings is 1. The van der Waals surface area contributed by atoms with Crippen molar-refractivity contribution in [1.82, 2.24) is 14.9 Å². The molecule has 160 valence electrons. The predicted molar refractivity (Wildman–Crippen MR) is 119 cm³/mol. The average molecular weight is 411 g/mol. The van der Waals surface area contributed by atoms with E-state index in [4.69, 9.17) is 10.6 Å². The Morgan fingerprint density at radius 3 is 2.53 bits per heavy atom. The van der Waals surface area contributed by atoms with Crippen molar-refractivity contribution in [2.75, 3.05) is 43.4 Å². The lowest BCUT2D eigenvalue weighted by Crippen LogP contribution is -2.49. The fourth-order valence-electron chi connectivity index (χ4n) is 3.41. The minimum atomic E-state index is 0.146. The monoisotopic (exact) mass is 410 g/mol. The van der Waals surface area contributed by atoms with Gasteiger partial charge in [-0.3, -0.25) is 4.79 Å². The molecule has 8 heteroatoms. The maximum atomic E-state index is 12.7. The first kappa shape index (κ1) is 21.5. The molecule has 3 rings (SSSR count). The fraction of sp³-hybridized carbons (Fsp3) is 0.455. The summed E-state index contributed by atoms with van der Waals surface area (Å²) in [5, 5.41) is 3.91. The zero-order valence-corrected chi connectivity index (χ0v) is 17.9. The molecule has 0 unspecified atom stereocenters. The number of amides is 1. The highest BCUT2D eigenvalue weighted by molar-refractivity contribution is 5.91. The number of carbonyl (C=O) groups excluding carboxylic acids is 1. The van der Waals surface area contributed by atoms with Crippen LogP contribution < -0.4 is 10.6 Å². The van der Waals surface area contributed by atoms with Crippen molar-refractivity contribution in [1.29, 1.82) is 0 Å². The van der Waals surface area contributed by atoms with E-state index in [1.54, 1.807) is 6.21 Å². The lowest BCUT2D eigenvalue weighted by atomic mass is 10.0. The molecule has 1 fully saturated rings. The maximum Gasteiger partial charge on any atom is 0.227 e. The number of hydrogen-bond donors (Lipinski definition) is 1. The lowest BCUT2D eigenvalue weighted by molar-refractivity contribution is -0.130. The predicted octanol–water partition coefficient (Wildman–Crippen LogP) is 2.44. The van der Waals surface area contributed by atoms with E-state index in [1.165, 1.54) is 11.9 Å². The summed E-state index contributed by atoms with van der Waals surface area (Å²) in [5.41, 5.74) is 8.98. The molecule has 1 aliphatic heterocycles. The van der Waals surface area contributed by atoms with Crippen LogP contribution in [0.3, 0.4) is 0 Å². The zero-order chi connectivity index (χ0) is 21.5. The molecule has 1 aliphatic rings. The van der Waals surface area contributed by atoms with Gasteiger partial charge in [0.05, 0.1) is 18.2 Å². The Morgan fingerprint density at radius 1 is 1.20 bits per heavy atom. The molecule has 0 atom stereocenters. The Balaban J connectivity index is 1.61. The molecule has 0 aliphatic carbocycles. The highest BCUT2D eigenvalue weighted by Crippen LogP contribution is 2.22. The van der Waals surface area contributed by atoms with Gasteiger partial charge in [-0.15, -0.1) is 0 Å². The molecule has 0 bridgehead atoms. The minimum Gasteiger partial charge on any atom is -0.396 e. The topological polar surface area (TPSA) is 96.9 Å². The van der Waals surface area contributed by atoms with Crippen LogP contribution >= 0.6 is 0 Å². The van der Waals surface area contributed by atoms with Gasteiger partial charge >= 0.3 is 0 Å². The Labute approximate surface area is 177 Å². The fourth-order valence-corrected chi connectivity index (χ4v) is 3.41. The summed E-state index contributed by atoms with van der Waals surface area (Å²) in [6, 6.07) is 8.32. The van der Waals surface area contributed by atoms with E-state index in [9.17, 15) is 4.79 Å². The largest absolute Gasteiger partial charge is 0.396 e. The molecule has 2 heterocycles. The van der Waals surface area contributed by atoms with Gasteiger partial charge < -0.3 is 20.4 Å². The van der Waals surface area contributed by atoms with Crippen LogP contribution in [-0.2, 0) is 16.1 Å². The van der Waals surface area contributed by atoms with Crippen molar-refractivity contribution in [3.8, 4) is 0 Å². The van der Waals surface area contributed by atoms with E-state index < -0.39 is 0 Å². The molecule has 0 radical (unpaired) electrons. The van der Waals surface area contributed by atoms with E-state index in [0.717, 1.165) is 5.56 Å². The van der Waals surface area contributed by atoms with Crippen LogP contribution in [0, 0.1) is 0 Å². The molecule has 8 nitrogen and oxygen atoms in total. The second kappa shape index (κ2) is 10.0. The summed E-state index contributed by atoms with van der Waals surface area (Å²) >= 11 is 0. The van der Waals surface area contributed by atoms with Crippen LogP contribution in [0.25, 0.3) is 0 Å². The van der Waals surface area contributed by atoms with Gasteiger partial charge in [0, 0.05) is 26.2 Å². The SMILES string of the molecule is CCON=Cc1c(N)ncnc1N1CCN(C(=O)Cc2ccc(C(C)C)cc2)CC1. The number of nitrogens with zero attached hydrogens (tertiary/aromatic N) is 5. The maximum absolute atomic E-state index is 12.7. The van der Waals surface area contributed by atoms with Crippen molar-refractivity contribution < 1.29 is 9.63 Å². The first-order chi connectivity index (χ1) is 14.5. The molecule has 2 aromatic rings. The smallest absolute Gasteiger partial charge is 0.227 e. The number of nitrogen functional groups attached to an aromatic ring is 1. The van der Waals surface area contributed by atoms with Crippen LogP contribution in [-0.4, -0.2) is 59.8 Å². The summed E-state index contributed by atoms with van der Waals surface area (Å²) in [7, 11) is 0. The molecule has 30 heavy (non-hydrogen) atoms. The molecule has 1 amide bonds. The molecule has 0 spiro atoms. The van der Waals surface area contributed by atoms with Gasteiger partial charge in [-0.2, -0.15) is 0 Å². The summed E-state index contributed by atoms with van der Waals surface area (Å²) in [6.45, 7) is 9.27. The van der Waals surface area contributed by atoms with E-state index in [-0.39, 0.29) is 5.91 Å². The van der Waals surface area contributed by atoms with Gasteiger partial charge in [-0.05, 0) is 24.0 Å². The number of carbonyl (C=O) groups is 1. The van der Waals surface area contributed by atoms with Gasteiger partial charge in [0.1, 0.15) is 24.6 Å². The average Bonchev–Trinajstić information content (AvgIpc) is 2.75. The van der Waals surface area contributed by atoms with Gasteiger partial charge in [0.25, 0.3) is 0 Å². The highest BCUT2D eigenvalue weighted by Gasteiger charge is 2.24. The third kappa shape index (κ3) is 5.25. The van der Waals surface area contributed by atoms with Crippen LogP contribution in [0.15, 0.2) is 35.7 Å². The molecule has 1 aromatic carbocycles. The Kier molecular flexibility index (Phi) is 7.21. The zero-order valence-electron chi connectivity index (χ0n) is 17.9. The molecule has 1 saturated heterocycles. The summed E-state index contributed by atoms with van der Waals surface area (Å²) in [4.78, 5) is 30.2. The third-order valence-electron chi connectivity index (χ3n) is 5.21. The number of aromatic nitrogens is 2. The first-order valence-corrected chi connectivity index (χ1v) is 10.4. The van der Waals surface area contributed by atoms with Crippen molar-refractivity contribution in [2.24, 2.45) is 5.16 Å². The van der Waals surface area contributed by atoms with Crippen molar-refractivity contribution in [3.05, 3.63) is 47.3 Å². The van der Waals surface area contributed by atoms with Gasteiger partial charge in [-0.25, -0.2) is 9.97 Å². The van der Waals surface area contributed by atoms with Crippen LogP contribution in [0.2, 0.25) is 0 Å².